The molecular weight excluding hydrogens is 326 g/mol. The highest BCUT2D eigenvalue weighted by Crippen LogP contribution is 2.37. The third-order valence-corrected chi connectivity index (χ3v) is 5.63. The van der Waals surface area contributed by atoms with Gasteiger partial charge in [-0.1, -0.05) is 75.8 Å². The Balaban J connectivity index is 2.36. The van der Waals surface area contributed by atoms with Gasteiger partial charge >= 0.3 is 0 Å². The van der Waals surface area contributed by atoms with Crippen molar-refractivity contribution in [1.29, 1.82) is 0 Å². The van der Waals surface area contributed by atoms with Gasteiger partial charge in [-0.2, -0.15) is 0 Å². The standard InChI is InChI=1S/C20H30F2OS/c1-2-3-4-5-6-7-11-15-20(21,22)19(14-16-23)24-17-18-12-9-8-10-13-18/h8-10,12-13,16,19H,2-7,11,14-15,17H2,1H3/t19-/m0/s1. The van der Waals surface area contributed by atoms with E-state index in [1.54, 1.807) is 0 Å². The molecule has 0 bridgehead atoms. The number of rotatable bonds is 14. The second-order valence-electron chi connectivity index (χ2n) is 6.32. The first-order valence-electron chi connectivity index (χ1n) is 9.07. The van der Waals surface area contributed by atoms with E-state index in [9.17, 15) is 13.6 Å². The first-order valence-corrected chi connectivity index (χ1v) is 10.1. The van der Waals surface area contributed by atoms with Crippen molar-refractivity contribution in [3.63, 3.8) is 0 Å². The zero-order valence-electron chi connectivity index (χ0n) is 14.7. The van der Waals surface area contributed by atoms with Crippen molar-refractivity contribution in [3.8, 4) is 0 Å². The summed E-state index contributed by atoms with van der Waals surface area (Å²) in [4.78, 5) is 10.8. The van der Waals surface area contributed by atoms with Crippen molar-refractivity contribution >= 4 is 18.0 Å². The maximum absolute atomic E-state index is 14.4. The minimum Gasteiger partial charge on any atom is -0.303 e. The summed E-state index contributed by atoms with van der Waals surface area (Å²) in [5.74, 6) is -2.25. The van der Waals surface area contributed by atoms with Crippen molar-refractivity contribution in [2.75, 3.05) is 0 Å². The van der Waals surface area contributed by atoms with Crippen LogP contribution in [-0.4, -0.2) is 17.5 Å². The van der Waals surface area contributed by atoms with E-state index >= 15 is 0 Å². The molecule has 0 aromatic heterocycles. The van der Waals surface area contributed by atoms with Crippen LogP contribution < -0.4 is 0 Å². The quantitative estimate of drug-likeness (QED) is 0.274. The maximum Gasteiger partial charge on any atom is 0.260 e. The second kappa shape index (κ2) is 12.5. The number of halogens is 2. The number of carbonyl (C=O) groups excluding carboxylic acids is 1. The molecule has 0 saturated heterocycles. The van der Waals surface area contributed by atoms with Crippen LogP contribution in [0, 0.1) is 0 Å². The molecule has 0 amide bonds. The zero-order chi connectivity index (χ0) is 17.7. The number of alkyl halides is 2. The van der Waals surface area contributed by atoms with Crippen LogP contribution in [0.15, 0.2) is 30.3 Å². The molecule has 0 saturated carbocycles. The van der Waals surface area contributed by atoms with Gasteiger partial charge in [0.2, 0.25) is 0 Å². The number of unbranched alkanes of at least 4 members (excludes halogenated alkanes) is 6. The van der Waals surface area contributed by atoms with Crippen LogP contribution in [0.3, 0.4) is 0 Å². The summed E-state index contributed by atoms with van der Waals surface area (Å²) in [7, 11) is 0. The maximum atomic E-state index is 14.4. The van der Waals surface area contributed by atoms with E-state index in [0.717, 1.165) is 24.8 Å². The van der Waals surface area contributed by atoms with E-state index in [2.05, 4.69) is 6.92 Å². The molecule has 0 N–H and O–H groups in total. The van der Waals surface area contributed by atoms with Crippen molar-refractivity contribution in [2.45, 2.75) is 81.6 Å². The first-order chi connectivity index (χ1) is 11.6. The Labute approximate surface area is 149 Å². The highest BCUT2D eigenvalue weighted by molar-refractivity contribution is 7.99. The van der Waals surface area contributed by atoms with E-state index < -0.39 is 11.2 Å². The first kappa shape index (κ1) is 21.1. The van der Waals surface area contributed by atoms with E-state index in [1.165, 1.54) is 31.0 Å². The molecule has 1 atom stereocenters. The van der Waals surface area contributed by atoms with Gasteiger partial charge < -0.3 is 4.79 Å². The van der Waals surface area contributed by atoms with Crippen LogP contribution in [0.1, 0.15) is 70.3 Å². The average Bonchev–Trinajstić information content (AvgIpc) is 2.58. The van der Waals surface area contributed by atoms with Gasteiger partial charge in [-0.3, -0.25) is 0 Å². The van der Waals surface area contributed by atoms with Gasteiger partial charge in [0.15, 0.2) is 0 Å². The van der Waals surface area contributed by atoms with E-state index in [-0.39, 0.29) is 12.8 Å². The Hall–Kier alpha value is -0.900. The van der Waals surface area contributed by atoms with Gasteiger partial charge in [0, 0.05) is 18.6 Å². The van der Waals surface area contributed by atoms with Gasteiger partial charge in [0.05, 0.1) is 5.25 Å². The number of hydrogen-bond donors (Lipinski definition) is 0. The Bertz CT molecular complexity index is 437. The molecule has 0 aliphatic carbocycles. The Morgan fingerprint density at radius 2 is 1.67 bits per heavy atom. The predicted molar refractivity (Wildman–Crippen MR) is 99.8 cm³/mol. The molecule has 4 heteroatoms. The summed E-state index contributed by atoms with van der Waals surface area (Å²) in [6.07, 6.45) is 7.64. The number of carbonyl (C=O) groups is 1. The van der Waals surface area contributed by atoms with Crippen LogP contribution in [0.5, 0.6) is 0 Å². The van der Waals surface area contributed by atoms with Crippen molar-refractivity contribution in [3.05, 3.63) is 35.9 Å². The summed E-state index contributed by atoms with van der Waals surface area (Å²) in [6, 6.07) is 9.58. The van der Waals surface area contributed by atoms with Crippen LogP contribution in [-0.2, 0) is 10.5 Å². The fraction of sp³-hybridized carbons (Fsp3) is 0.650. The van der Waals surface area contributed by atoms with Crippen LogP contribution in [0.4, 0.5) is 8.78 Å². The molecule has 1 aromatic rings. The molecule has 136 valence electrons. The Kier molecular flexibility index (Phi) is 11.0. The van der Waals surface area contributed by atoms with E-state index in [1.807, 2.05) is 30.3 Å². The van der Waals surface area contributed by atoms with Gasteiger partial charge in [0.25, 0.3) is 5.92 Å². The minimum atomic E-state index is -2.77. The van der Waals surface area contributed by atoms with Crippen LogP contribution >= 0.6 is 11.8 Å². The minimum absolute atomic E-state index is 0.0823. The van der Waals surface area contributed by atoms with Crippen molar-refractivity contribution in [2.24, 2.45) is 0 Å². The van der Waals surface area contributed by atoms with Gasteiger partial charge in [-0.05, 0) is 12.0 Å². The lowest BCUT2D eigenvalue weighted by molar-refractivity contribution is -0.109. The van der Waals surface area contributed by atoms with E-state index in [0.29, 0.717) is 18.5 Å². The fourth-order valence-corrected chi connectivity index (χ4v) is 3.86. The summed E-state index contributed by atoms with van der Waals surface area (Å²) >= 11 is 1.20. The zero-order valence-corrected chi connectivity index (χ0v) is 15.5. The lowest BCUT2D eigenvalue weighted by Gasteiger charge is -2.25. The molecule has 0 radical (unpaired) electrons. The second-order valence-corrected chi connectivity index (χ2v) is 7.51. The molecule has 1 rings (SSSR count). The van der Waals surface area contributed by atoms with Gasteiger partial charge in [0.1, 0.15) is 6.29 Å². The largest absolute Gasteiger partial charge is 0.303 e. The average molecular weight is 357 g/mol. The van der Waals surface area contributed by atoms with Crippen LogP contribution in [0.25, 0.3) is 0 Å². The topological polar surface area (TPSA) is 17.1 Å². The smallest absolute Gasteiger partial charge is 0.260 e. The highest BCUT2D eigenvalue weighted by Gasteiger charge is 2.38. The summed E-state index contributed by atoms with van der Waals surface area (Å²) in [5.41, 5.74) is 1.02. The Morgan fingerprint density at radius 1 is 1.04 bits per heavy atom. The SMILES string of the molecule is CCCCCCCCCC(F)(F)[C@H](CC=O)SCc1ccccc1. The fourth-order valence-electron chi connectivity index (χ4n) is 2.70. The lowest BCUT2D eigenvalue weighted by atomic mass is 10.0. The summed E-state index contributed by atoms with van der Waals surface area (Å²) in [6.45, 7) is 2.17. The monoisotopic (exact) mass is 356 g/mol. The van der Waals surface area contributed by atoms with Gasteiger partial charge in [-0.15, -0.1) is 11.8 Å². The Morgan fingerprint density at radius 3 is 2.29 bits per heavy atom. The molecule has 1 aromatic carbocycles. The molecule has 0 aliphatic rings. The highest BCUT2D eigenvalue weighted by atomic mass is 32.2. The molecule has 0 aliphatic heterocycles. The number of hydrogen-bond acceptors (Lipinski definition) is 2. The number of aldehydes is 1. The third kappa shape index (κ3) is 8.81. The van der Waals surface area contributed by atoms with Crippen molar-refractivity contribution in [1.82, 2.24) is 0 Å². The molecular formula is C20H30F2OS. The van der Waals surface area contributed by atoms with Crippen LogP contribution in [0.2, 0.25) is 0 Å². The van der Waals surface area contributed by atoms with E-state index in [4.69, 9.17) is 0 Å². The van der Waals surface area contributed by atoms with Gasteiger partial charge in [-0.25, -0.2) is 8.78 Å². The molecule has 0 unspecified atom stereocenters. The normalized spacial score (nSPS) is 13.0. The lowest BCUT2D eigenvalue weighted by Crippen LogP contribution is -2.31. The molecule has 24 heavy (non-hydrogen) atoms. The molecule has 1 nitrogen and oxygen atoms in total. The predicted octanol–water partition coefficient (Wildman–Crippen LogP) is 6.65. The molecule has 0 fully saturated rings. The summed E-state index contributed by atoms with van der Waals surface area (Å²) < 4.78 is 28.9. The summed E-state index contributed by atoms with van der Waals surface area (Å²) in [5, 5.41) is -0.921. The number of benzene rings is 1. The molecule has 0 heterocycles. The third-order valence-electron chi connectivity index (χ3n) is 4.19. The number of thioether (sulfide) groups is 1. The molecule has 0 spiro atoms. The van der Waals surface area contributed by atoms with Crippen molar-refractivity contribution < 1.29 is 13.6 Å².